The van der Waals surface area contributed by atoms with Crippen molar-refractivity contribution in [2.45, 2.75) is 67.1 Å². The Labute approximate surface area is 124 Å². The Kier molecular flexibility index (Phi) is 5.79. The third-order valence-corrected chi connectivity index (χ3v) is 3.80. The van der Waals surface area contributed by atoms with Crippen molar-refractivity contribution in [3.05, 3.63) is 34.4 Å². The van der Waals surface area contributed by atoms with Gasteiger partial charge in [-0.1, -0.05) is 38.5 Å². The third kappa shape index (κ3) is 4.32. The summed E-state index contributed by atoms with van der Waals surface area (Å²) in [5, 5.41) is 10.6. The van der Waals surface area contributed by atoms with Crippen molar-refractivity contribution in [1.82, 2.24) is 0 Å². The zero-order valence-electron chi connectivity index (χ0n) is 14.1. The molecule has 1 aromatic carbocycles. The van der Waals surface area contributed by atoms with Crippen LogP contribution in [-0.4, -0.2) is 23.9 Å². The van der Waals surface area contributed by atoms with E-state index in [1.165, 1.54) is 22.3 Å². The molecule has 0 saturated carbocycles. The molecule has 1 aromatic rings. The molecule has 0 aliphatic rings. The summed E-state index contributed by atoms with van der Waals surface area (Å²) in [4.78, 5) is 0. The number of hydrogen-bond acceptors (Lipinski definition) is 2. The van der Waals surface area contributed by atoms with Gasteiger partial charge in [0.05, 0.1) is 12.2 Å². The van der Waals surface area contributed by atoms with Crippen LogP contribution in [0, 0.1) is 26.2 Å². The molecule has 2 atom stereocenters. The number of ether oxygens (including phenoxy) is 1. The van der Waals surface area contributed by atoms with E-state index in [0.717, 1.165) is 0 Å². The van der Waals surface area contributed by atoms with Crippen molar-refractivity contribution >= 4 is 0 Å². The molecule has 0 saturated heterocycles. The minimum atomic E-state index is -0.477. The maximum absolute atomic E-state index is 10.6. The van der Waals surface area contributed by atoms with Crippen LogP contribution in [0.1, 0.15) is 49.9 Å². The van der Waals surface area contributed by atoms with Gasteiger partial charge in [0.25, 0.3) is 0 Å². The average Bonchev–Trinajstić information content (AvgIpc) is 2.28. The molecule has 0 radical (unpaired) electrons. The minimum Gasteiger partial charge on any atom is -0.390 e. The number of benzene rings is 1. The highest BCUT2D eigenvalue weighted by Crippen LogP contribution is 2.28. The van der Waals surface area contributed by atoms with Gasteiger partial charge in [-0.25, -0.2) is 0 Å². The predicted octanol–water partition coefficient (Wildman–Crippen LogP) is 3.97. The lowest BCUT2D eigenvalue weighted by Crippen LogP contribution is -2.41. The van der Waals surface area contributed by atoms with Crippen LogP contribution in [-0.2, 0) is 11.2 Å². The number of rotatable bonds is 5. The predicted molar refractivity (Wildman–Crippen MR) is 85.2 cm³/mol. The molecule has 0 aliphatic carbocycles. The van der Waals surface area contributed by atoms with E-state index in [4.69, 9.17) is 4.74 Å². The number of aryl methyl sites for hydroxylation is 3. The van der Waals surface area contributed by atoms with Crippen LogP contribution in [0.5, 0.6) is 0 Å². The molecular formula is C18H30O2. The molecule has 0 heterocycles. The summed E-state index contributed by atoms with van der Waals surface area (Å²) < 4.78 is 5.79. The molecule has 0 bridgehead atoms. The van der Waals surface area contributed by atoms with Crippen LogP contribution in [0.2, 0.25) is 0 Å². The molecule has 1 N–H and O–H groups in total. The lowest BCUT2D eigenvalue weighted by Gasteiger charge is -2.34. The van der Waals surface area contributed by atoms with Gasteiger partial charge in [-0.2, -0.15) is 0 Å². The van der Waals surface area contributed by atoms with Gasteiger partial charge in [0, 0.05) is 13.0 Å². The Bertz CT molecular complexity index is 420. The second-order valence-corrected chi connectivity index (χ2v) is 6.89. The van der Waals surface area contributed by atoms with Gasteiger partial charge in [0.2, 0.25) is 0 Å². The van der Waals surface area contributed by atoms with Crippen LogP contribution in [0.3, 0.4) is 0 Å². The van der Waals surface area contributed by atoms with E-state index in [0.29, 0.717) is 13.0 Å². The van der Waals surface area contributed by atoms with Crippen molar-refractivity contribution in [2.24, 2.45) is 5.41 Å². The summed E-state index contributed by atoms with van der Waals surface area (Å²) >= 11 is 0. The quantitative estimate of drug-likeness (QED) is 0.883. The summed E-state index contributed by atoms with van der Waals surface area (Å²) in [7, 11) is 0. The monoisotopic (exact) mass is 278 g/mol. The fourth-order valence-electron chi connectivity index (χ4n) is 2.97. The smallest absolute Gasteiger partial charge is 0.0885 e. The summed E-state index contributed by atoms with van der Waals surface area (Å²) in [5.74, 6) is 0. The van der Waals surface area contributed by atoms with Gasteiger partial charge >= 0.3 is 0 Å². The van der Waals surface area contributed by atoms with E-state index in [2.05, 4.69) is 53.7 Å². The number of hydrogen-bond donors (Lipinski definition) is 1. The standard InChI is InChI=1S/C18H30O2/c1-8-20-17(18(5,6)7)16(19)11-15-13(3)9-12(2)10-14(15)4/h9-10,16-17,19H,8,11H2,1-7H3. The summed E-state index contributed by atoms with van der Waals surface area (Å²) in [6, 6.07) is 4.36. The molecule has 2 unspecified atom stereocenters. The minimum absolute atomic E-state index is 0.0675. The molecule has 2 nitrogen and oxygen atoms in total. The van der Waals surface area contributed by atoms with Crippen LogP contribution in [0.15, 0.2) is 12.1 Å². The Balaban J connectivity index is 2.97. The lowest BCUT2D eigenvalue weighted by atomic mass is 9.82. The molecule has 0 amide bonds. The van der Waals surface area contributed by atoms with E-state index in [-0.39, 0.29) is 11.5 Å². The van der Waals surface area contributed by atoms with Gasteiger partial charge in [-0.15, -0.1) is 0 Å². The van der Waals surface area contributed by atoms with Gasteiger partial charge in [0.15, 0.2) is 0 Å². The van der Waals surface area contributed by atoms with Crippen LogP contribution >= 0.6 is 0 Å². The number of aliphatic hydroxyl groups excluding tert-OH is 1. The fourth-order valence-corrected chi connectivity index (χ4v) is 2.97. The van der Waals surface area contributed by atoms with Crippen molar-refractivity contribution in [3.63, 3.8) is 0 Å². The van der Waals surface area contributed by atoms with Crippen LogP contribution < -0.4 is 0 Å². The number of aliphatic hydroxyl groups is 1. The van der Waals surface area contributed by atoms with Gasteiger partial charge < -0.3 is 9.84 Å². The zero-order chi connectivity index (χ0) is 15.5. The van der Waals surface area contributed by atoms with Gasteiger partial charge in [-0.05, 0) is 49.8 Å². The Morgan fingerprint density at radius 1 is 1.10 bits per heavy atom. The zero-order valence-corrected chi connectivity index (χ0v) is 14.1. The molecular weight excluding hydrogens is 248 g/mol. The molecule has 0 aromatic heterocycles. The molecule has 2 heteroatoms. The van der Waals surface area contributed by atoms with E-state index in [1.54, 1.807) is 0 Å². The first kappa shape index (κ1) is 17.2. The summed E-state index contributed by atoms with van der Waals surface area (Å²) in [6.07, 6.45) is 0.0301. The second kappa shape index (κ2) is 6.73. The Morgan fingerprint density at radius 2 is 1.60 bits per heavy atom. The van der Waals surface area contributed by atoms with Crippen molar-refractivity contribution in [2.75, 3.05) is 6.61 Å². The van der Waals surface area contributed by atoms with Crippen molar-refractivity contribution in [3.8, 4) is 0 Å². The maximum atomic E-state index is 10.6. The van der Waals surface area contributed by atoms with E-state index in [9.17, 15) is 5.11 Å². The fraction of sp³-hybridized carbons (Fsp3) is 0.667. The highest BCUT2D eigenvalue weighted by Gasteiger charge is 2.32. The molecule has 0 fully saturated rings. The van der Waals surface area contributed by atoms with E-state index in [1.807, 2.05) is 6.92 Å². The first-order valence-electron chi connectivity index (χ1n) is 7.53. The van der Waals surface area contributed by atoms with Crippen molar-refractivity contribution < 1.29 is 9.84 Å². The first-order chi connectivity index (χ1) is 9.16. The third-order valence-electron chi connectivity index (χ3n) is 3.80. The van der Waals surface area contributed by atoms with E-state index < -0.39 is 6.10 Å². The Hall–Kier alpha value is -0.860. The summed E-state index contributed by atoms with van der Waals surface area (Å²) in [6.45, 7) is 15.3. The average molecular weight is 278 g/mol. The molecule has 20 heavy (non-hydrogen) atoms. The van der Waals surface area contributed by atoms with Crippen LogP contribution in [0.25, 0.3) is 0 Å². The first-order valence-corrected chi connectivity index (χ1v) is 7.53. The van der Waals surface area contributed by atoms with E-state index >= 15 is 0 Å². The van der Waals surface area contributed by atoms with Gasteiger partial charge in [-0.3, -0.25) is 0 Å². The lowest BCUT2D eigenvalue weighted by molar-refractivity contribution is -0.0874. The molecule has 0 spiro atoms. The normalized spacial score (nSPS) is 15.2. The molecule has 1 rings (SSSR count). The summed E-state index contributed by atoms with van der Waals surface area (Å²) in [5.41, 5.74) is 4.96. The topological polar surface area (TPSA) is 29.5 Å². The highest BCUT2D eigenvalue weighted by atomic mass is 16.5. The Morgan fingerprint density at radius 3 is 2.00 bits per heavy atom. The SMILES string of the molecule is CCOC(C(O)Cc1c(C)cc(C)cc1C)C(C)(C)C. The van der Waals surface area contributed by atoms with Crippen LogP contribution in [0.4, 0.5) is 0 Å². The molecule has 0 aliphatic heterocycles. The maximum Gasteiger partial charge on any atom is 0.0885 e. The molecule has 114 valence electrons. The van der Waals surface area contributed by atoms with Crippen molar-refractivity contribution in [1.29, 1.82) is 0 Å². The second-order valence-electron chi connectivity index (χ2n) is 6.89. The van der Waals surface area contributed by atoms with Gasteiger partial charge in [0.1, 0.15) is 0 Å². The highest BCUT2D eigenvalue weighted by molar-refractivity contribution is 5.38. The largest absolute Gasteiger partial charge is 0.390 e.